The van der Waals surface area contributed by atoms with Crippen LogP contribution in [0.25, 0.3) is 0 Å². The lowest BCUT2D eigenvalue weighted by Crippen LogP contribution is -2.28. The lowest BCUT2D eigenvalue weighted by Gasteiger charge is -2.09. The van der Waals surface area contributed by atoms with Crippen LogP contribution in [0.15, 0.2) is 18.3 Å². The Morgan fingerprint density at radius 2 is 2.32 bits per heavy atom. The third-order valence-corrected chi connectivity index (χ3v) is 4.40. The highest BCUT2D eigenvalue weighted by atomic mass is 32.1. The van der Waals surface area contributed by atoms with E-state index in [1.165, 1.54) is 18.4 Å². The molecule has 2 rings (SSSR count). The maximum absolute atomic E-state index is 11.8. The lowest BCUT2D eigenvalue weighted by molar-refractivity contribution is 0.0602. The summed E-state index contributed by atoms with van der Waals surface area (Å²) < 4.78 is 6.53. The van der Waals surface area contributed by atoms with Crippen molar-refractivity contribution in [3.8, 4) is 0 Å². The summed E-state index contributed by atoms with van der Waals surface area (Å²) in [4.78, 5) is 12.9. The number of nitrogens with zero attached hydrogens (tertiary/aromatic N) is 2. The van der Waals surface area contributed by atoms with Gasteiger partial charge in [-0.05, 0) is 30.8 Å². The normalized spacial score (nSPS) is 10.3. The molecular weight excluding hydrogens is 320 g/mol. The number of thiophene rings is 1. The average molecular weight is 338 g/mol. The molecule has 0 unspecified atom stereocenters. The Morgan fingerprint density at radius 1 is 1.55 bits per heavy atom. The molecule has 2 heterocycles. The monoisotopic (exact) mass is 338 g/mol. The minimum Gasteiger partial charge on any atom is -0.465 e. The molecule has 2 aromatic heterocycles. The number of aromatic nitrogens is 2. The maximum Gasteiger partial charge on any atom is 0.340 e. The van der Waals surface area contributed by atoms with Crippen molar-refractivity contribution in [2.24, 2.45) is 7.05 Å². The molecule has 0 bridgehead atoms. The van der Waals surface area contributed by atoms with Crippen molar-refractivity contribution in [2.75, 3.05) is 12.4 Å². The topological polar surface area (TPSA) is 68.2 Å². The smallest absolute Gasteiger partial charge is 0.340 e. The second-order valence-electron chi connectivity index (χ2n) is 4.59. The Kier molecular flexibility index (Phi) is 5.51. The van der Waals surface area contributed by atoms with Gasteiger partial charge in [-0.25, -0.2) is 4.79 Å². The van der Waals surface area contributed by atoms with E-state index in [9.17, 15) is 4.79 Å². The SMILES string of the molecule is CCc1cc(C(=O)OC)c(NC(=S)NCc2ccn(C)n2)s1. The minimum atomic E-state index is -0.369. The number of ether oxygens (including phenoxy) is 1. The number of carbonyl (C=O) groups is 1. The van der Waals surface area contributed by atoms with E-state index in [1.54, 1.807) is 4.68 Å². The zero-order valence-corrected chi connectivity index (χ0v) is 14.3. The summed E-state index contributed by atoms with van der Waals surface area (Å²) in [5.41, 5.74) is 1.40. The number of hydrogen-bond acceptors (Lipinski definition) is 5. The summed E-state index contributed by atoms with van der Waals surface area (Å²) in [6.07, 6.45) is 2.72. The fourth-order valence-corrected chi connectivity index (χ4v) is 3.07. The molecule has 2 aromatic rings. The maximum atomic E-state index is 11.8. The van der Waals surface area contributed by atoms with E-state index in [2.05, 4.69) is 15.7 Å². The number of methoxy groups -OCH3 is 1. The van der Waals surface area contributed by atoms with Crippen LogP contribution in [-0.2, 0) is 24.8 Å². The number of anilines is 1. The highest BCUT2D eigenvalue weighted by Gasteiger charge is 2.17. The molecule has 0 spiro atoms. The van der Waals surface area contributed by atoms with Gasteiger partial charge in [-0.2, -0.15) is 5.10 Å². The number of aryl methyl sites for hydroxylation is 2. The number of nitrogens with one attached hydrogen (secondary N) is 2. The van der Waals surface area contributed by atoms with Crippen LogP contribution in [0.2, 0.25) is 0 Å². The van der Waals surface area contributed by atoms with Crippen LogP contribution < -0.4 is 10.6 Å². The molecule has 0 atom stereocenters. The van der Waals surface area contributed by atoms with Crippen LogP contribution in [-0.4, -0.2) is 28.0 Å². The first kappa shape index (κ1) is 16.4. The number of carbonyl (C=O) groups excluding carboxylic acids is 1. The first-order valence-corrected chi connectivity index (χ1v) is 8.00. The first-order chi connectivity index (χ1) is 10.5. The van der Waals surface area contributed by atoms with Gasteiger partial charge in [0.2, 0.25) is 0 Å². The van der Waals surface area contributed by atoms with Crippen LogP contribution in [0.4, 0.5) is 5.00 Å². The predicted octanol–water partition coefficient (Wildman–Crippen LogP) is 2.32. The zero-order valence-electron chi connectivity index (χ0n) is 12.7. The quantitative estimate of drug-likeness (QED) is 0.644. The third-order valence-electron chi connectivity index (χ3n) is 2.96. The second kappa shape index (κ2) is 7.37. The van der Waals surface area contributed by atoms with Gasteiger partial charge in [0.1, 0.15) is 5.00 Å². The average Bonchev–Trinajstić information content (AvgIpc) is 3.10. The molecule has 22 heavy (non-hydrogen) atoms. The molecule has 0 aromatic carbocycles. The van der Waals surface area contributed by atoms with Crippen molar-refractivity contribution in [3.63, 3.8) is 0 Å². The Labute approximate surface area is 138 Å². The van der Waals surface area contributed by atoms with Crippen molar-refractivity contribution >= 4 is 39.6 Å². The Bertz CT molecular complexity index is 678. The van der Waals surface area contributed by atoms with E-state index >= 15 is 0 Å². The third kappa shape index (κ3) is 4.05. The molecule has 0 saturated heterocycles. The number of rotatable bonds is 5. The highest BCUT2D eigenvalue weighted by Crippen LogP contribution is 2.29. The predicted molar refractivity (Wildman–Crippen MR) is 91.3 cm³/mol. The molecule has 0 aliphatic rings. The van der Waals surface area contributed by atoms with Crippen LogP contribution >= 0.6 is 23.6 Å². The van der Waals surface area contributed by atoms with Crippen molar-refractivity contribution in [3.05, 3.63) is 34.5 Å². The van der Waals surface area contributed by atoms with Crippen LogP contribution in [0.3, 0.4) is 0 Å². The second-order valence-corrected chi connectivity index (χ2v) is 6.13. The van der Waals surface area contributed by atoms with Gasteiger partial charge in [-0.1, -0.05) is 6.92 Å². The van der Waals surface area contributed by atoms with Gasteiger partial charge in [0.15, 0.2) is 5.11 Å². The lowest BCUT2D eigenvalue weighted by atomic mass is 10.2. The highest BCUT2D eigenvalue weighted by molar-refractivity contribution is 7.80. The standard InChI is InChI=1S/C14H18N4O2S2/c1-4-10-7-11(13(19)20-3)12(22-10)16-14(21)15-8-9-5-6-18(2)17-9/h5-7H,4,8H2,1-3H3,(H2,15,16,21). The summed E-state index contributed by atoms with van der Waals surface area (Å²) in [6, 6.07) is 3.75. The largest absolute Gasteiger partial charge is 0.465 e. The van der Waals surface area contributed by atoms with Gasteiger partial charge in [0, 0.05) is 18.1 Å². The van der Waals surface area contributed by atoms with E-state index in [0.29, 0.717) is 22.2 Å². The molecule has 0 aliphatic heterocycles. The molecule has 118 valence electrons. The van der Waals surface area contributed by atoms with Crippen LogP contribution in [0, 0.1) is 0 Å². The van der Waals surface area contributed by atoms with Crippen molar-refractivity contribution < 1.29 is 9.53 Å². The summed E-state index contributed by atoms with van der Waals surface area (Å²) in [6.45, 7) is 2.56. The molecule has 2 N–H and O–H groups in total. The number of hydrogen-bond donors (Lipinski definition) is 2. The number of esters is 1. The molecule has 0 aliphatic carbocycles. The van der Waals surface area contributed by atoms with E-state index in [-0.39, 0.29) is 5.97 Å². The van der Waals surface area contributed by atoms with E-state index in [0.717, 1.165) is 17.0 Å². The Balaban J connectivity index is 2.01. The van der Waals surface area contributed by atoms with Crippen molar-refractivity contribution in [1.82, 2.24) is 15.1 Å². The fourth-order valence-electron chi connectivity index (χ4n) is 1.85. The Morgan fingerprint density at radius 3 is 2.91 bits per heavy atom. The Hall–Kier alpha value is -1.93. The summed E-state index contributed by atoms with van der Waals surface area (Å²) in [5, 5.41) is 11.5. The van der Waals surface area contributed by atoms with Gasteiger partial charge in [-0.15, -0.1) is 11.3 Å². The minimum absolute atomic E-state index is 0.369. The van der Waals surface area contributed by atoms with Gasteiger partial charge < -0.3 is 15.4 Å². The molecule has 0 radical (unpaired) electrons. The molecule has 0 fully saturated rings. The fraction of sp³-hybridized carbons (Fsp3) is 0.357. The zero-order chi connectivity index (χ0) is 16.1. The molecule has 6 nitrogen and oxygen atoms in total. The van der Waals surface area contributed by atoms with Crippen molar-refractivity contribution in [1.29, 1.82) is 0 Å². The molecule has 0 amide bonds. The first-order valence-electron chi connectivity index (χ1n) is 6.78. The van der Waals surface area contributed by atoms with Gasteiger partial charge in [0.05, 0.1) is 24.9 Å². The van der Waals surface area contributed by atoms with Gasteiger partial charge in [-0.3, -0.25) is 4.68 Å². The summed E-state index contributed by atoms with van der Waals surface area (Å²) >= 11 is 6.77. The van der Waals surface area contributed by atoms with Gasteiger partial charge in [0.25, 0.3) is 0 Å². The summed E-state index contributed by atoms with van der Waals surface area (Å²) in [7, 11) is 3.23. The van der Waals surface area contributed by atoms with E-state index < -0.39 is 0 Å². The van der Waals surface area contributed by atoms with Gasteiger partial charge >= 0.3 is 5.97 Å². The van der Waals surface area contributed by atoms with Crippen LogP contribution in [0.1, 0.15) is 27.9 Å². The summed E-state index contributed by atoms with van der Waals surface area (Å²) in [5.74, 6) is -0.369. The van der Waals surface area contributed by atoms with E-state index in [4.69, 9.17) is 17.0 Å². The molecule has 0 saturated carbocycles. The van der Waals surface area contributed by atoms with E-state index in [1.807, 2.05) is 32.3 Å². The molecular formula is C14H18N4O2S2. The van der Waals surface area contributed by atoms with Crippen LogP contribution in [0.5, 0.6) is 0 Å². The number of thiocarbonyl (C=S) groups is 1. The van der Waals surface area contributed by atoms with Crippen molar-refractivity contribution in [2.45, 2.75) is 19.9 Å². The molecule has 8 heteroatoms.